The van der Waals surface area contributed by atoms with Crippen molar-refractivity contribution in [3.05, 3.63) is 173 Å². The molecule has 2 saturated heterocycles. The fourth-order valence-corrected chi connectivity index (χ4v) is 13.7. The molecule has 118 heavy (non-hydrogen) atoms. The number of pyridine rings is 1. The summed E-state index contributed by atoms with van der Waals surface area (Å²) in [5.74, 6) is -10.7. The number of hydrogen-bond donors (Lipinski definition) is 16. The van der Waals surface area contributed by atoms with E-state index in [0.717, 1.165) is 16.3 Å². The number of amides is 17. The maximum absolute atomic E-state index is 15.4. The number of primary amides is 2. The van der Waals surface area contributed by atoms with E-state index in [0.29, 0.717) is 53.9 Å². The lowest BCUT2D eigenvalue weighted by molar-refractivity contribution is -0.149. The number of aromatic nitrogens is 1. The van der Waals surface area contributed by atoms with E-state index in [-0.39, 0.29) is 86.9 Å². The molecule has 8 rings (SSSR count). The first-order valence-electron chi connectivity index (χ1n) is 39.2. The van der Waals surface area contributed by atoms with Gasteiger partial charge < -0.3 is 90.2 Å². The summed E-state index contributed by atoms with van der Waals surface area (Å²) in [4.78, 5) is 215. The van der Waals surface area contributed by atoms with Gasteiger partial charge in [-0.25, -0.2) is 9.59 Å². The van der Waals surface area contributed by atoms with E-state index < -0.39 is 169 Å². The van der Waals surface area contributed by atoms with E-state index in [1.54, 1.807) is 36.4 Å². The minimum Gasteiger partial charge on any atom is -0.394 e. The third-order valence-electron chi connectivity index (χ3n) is 19.7. The topological polar surface area (TPSA) is 504 Å². The Bertz CT molecular complexity index is 4540. The minimum atomic E-state index is -1.92. The van der Waals surface area contributed by atoms with E-state index in [1.165, 1.54) is 84.6 Å². The average Bonchev–Trinajstić information content (AvgIpc) is 1.56. The van der Waals surface area contributed by atoms with Crippen LogP contribution in [0.15, 0.2) is 140 Å². The van der Waals surface area contributed by atoms with Gasteiger partial charge in [0.15, 0.2) is 0 Å². The molecule has 0 spiro atoms. The molecule has 3 heterocycles. The van der Waals surface area contributed by atoms with Crippen molar-refractivity contribution in [3.63, 3.8) is 0 Å². The Morgan fingerprint density at radius 2 is 1.14 bits per heavy atom. The third-order valence-corrected chi connectivity index (χ3v) is 20.0. The normalized spacial score (nSPS) is 15.8. The number of fused-ring (bicyclic) bond motifs is 1. The number of aliphatic hydroxyl groups excluding tert-OH is 1. The largest absolute Gasteiger partial charge is 0.394 e. The maximum Gasteiger partial charge on any atom is 0.322 e. The lowest BCUT2D eigenvalue weighted by atomic mass is 10.00. The van der Waals surface area contributed by atoms with Crippen molar-refractivity contribution < 1.29 is 77.0 Å². The number of benzene rings is 5. The number of rotatable bonds is 42. The molecular weight excluding hydrogens is 1540 g/mol. The monoisotopic (exact) mass is 1640 g/mol. The van der Waals surface area contributed by atoms with Gasteiger partial charge in [0.05, 0.1) is 19.6 Å². The van der Waals surface area contributed by atoms with Crippen molar-refractivity contribution in [2.45, 2.75) is 185 Å². The number of anilines is 2. The molecule has 0 radical (unpaired) electrons. The molecular formula is C83H105ClN18O16. The summed E-state index contributed by atoms with van der Waals surface area (Å²) in [6.45, 7) is 9.16. The molecule has 6 aromatic rings. The van der Waals surface area contributed by atoms with Crippen molar-refractivity contribution in [1.82, 2.24) is 73.3 Å². The zero-order chi connectivity index (χ0) is 85.7. The molecule has 0 bridgehead atoms. The Hall–Kier alpha value is -12.4. The van der Waals surface area contributed by atoms with Gasteiger partial charge in [-0.3, -0.25) is 72.6 Å². The highest BCUT2D eigenvalue weighted by molar-refractivity contribution is 6.30. The highest BCUT2D eigenvalue weighted by Crippen LogP contribution is 2.25. The second kappa shape index (κ2) is 44.6. The summed E-state index contributed by atoms with van der Waals surface area (Å²) in [6, 6.07) is 19.4. The Kier molecular flexibility index (Phi) is 34.4. The van der Waals surface area contributed by atoms with Gasteiger partial charge in [0.2, 0.25) is 76.8 Å². The Morgan fingerprint density at radius 1 is 0.593 bits per heavy atom. The number of carbonyl (C=O) groups is 15. The van der Waals surface area contributed by atoms with Crippen LogP contribution in [0.1, 0.15) is 114 Å². The molecule has 0 aliphatic carbocycles. The van der Waals surface area contributed by atoms with Crippen LogP contribution in [-0.4, -0.2) is 208 Å². The number of likely N-dealkylation sites (tertiary alicyclic amines) is 1. The summed E-state index contributed by atoms with van der Waals surface area (Å²) in [6.07, 6.45) is 3.64. The van der Waals surface area contributed by atoms with Crippen LogP contribution in [0.4, 0.5) is 21.0 Å². The molecule has 17 amide bonds. The fourth-order valence-electron chi connectivity index (χ4n) is 13.6. The first-order valence-corrected chi connectivity index (χ1v) is 39.5. The van der Waals surface area contributed by atoms with Gasteiger partial charge in [-0.2, -0.15) is 0 Å². The van der Waals surface area contributed by atoms with Crippen LogP contribution in [0, 0.1) is 5.92 Å². The number of nitrogens with two attached hydrogens (primary N) is 2. The molecule has 2 fully saturated rings. The summed E-state index contributed by atoms with van der Waals surface area (Å²) in [5.41, 5.74) is 13.8. The molecule has 34 nitrogen and oxygen atoms in total. The summed E-state index contributed by atoms with van der Waals surface area (Å²) >= 11 is 6.27. The van der Waals surface area contributed by atoms with Crippen LogP contribution < -0.4 is 80.6 Å². The predicted octanol–water partition coefficient (Wildman–Crippen LogP) is 1.86. The van der Waals surface area contributed by atoms with Crippen LogP contribution in [0.3, 0.4) is 0 Å². The first kappa shape index (κ1) is 91.1. The molecule has 1 aromatic heterocycles. The Balaban J connectivity index is 1.08. The van der Waals surface area contributed by atoms with E-state index in [2.05, 4.69) is 68.8 Å². The number of aliphatic hydroxyl groups is 1. The number of nitrogens with zero attached hydrogens (tertiary/aromatic N) is 3. The smallest absolute Gasteiger partial charge is 0.322 e. The summed E-state index contributed by atoms with van der Waals surface area (Å²) < 4.78 is 0. The number of halogens is 1. The lowest BCUT2D eigenvalue weighted by Gasteiger charge is -2.36. The third kappa shape index (κ3) is 28.5. The molecule has 630 valence electrons. The van der Waals surface area contributed by atoms with E-state index in [9.17, 15) is 57.8 Å². The summed E-state index contributed by atoms with van der Waals surface area (Å²) in [7, 11) is 0. The number of nitrogens with one attached hydrogen (secondary N) is 13. The number of carbonyl (C=O) groups excluding carboxylic acids is 15. The molecule has 1 unspecified atom stereocenters. The van der Waals surface area contributed by atoms with Gasteiger partial charge in [-0.1, -0.05) is 124 Å². The lowest BCUT2D eigenvalue weighted by Crippen LogP contribution is -2.61. The van der Waals surface area contributed by atoms with Crippen LogP contribution in [0.25, 0.3) is 10.8 Å². The molecule has 5 aromatic carbocycles. The Labute approximate surface area is 688 Å². The van der Waals surface area contributed by atoms with Crippen molar-refractivity contribution in [2.24, 2.45) is 17.4 Å². The van der Waals surface area contributed by atoms with Crippen LogP contribution in [-0.2, 0) is 94.4 Å². The van der Waals surface area contributed by atoms with Crippen LogP contribution in [0.2, 0.25) is 5.02 Å². The van der Waals surface area contributed by atoms with E-state index in [4.69, 9.17) is 23.1 Å². The van der Waals surface area contributed by atoms with Gasteiger partial charge >= 0.3 is 12.1 Å². The molecule has 2 aliphatic heterocycles. The van der Waals surface area contributed by atoms with Crippen molar-refractivity contribution in [3.8, 4) is 0 Å². The number of unbranched alkanes of at least 4 members (excludes halogenated alkanes) is 1. The second-order valence-corrected chi connectivity index (χ2v) is 30.5. The fraction of sp³-hybridized carbons (Fsp3) is 0.422. The van der Waals surface area contributed by atoms with Gasteiger partial charge in [-0.15, -0.1) is 0 Å². The van der Waals surface area contributed by atoms with Gasteiger partial charge in [-0.05, 0) is 145 Å². The quantitative estimate of drug-likeness (QED) is 0.0243. The Morgan fingerprint density at radius 3 is 1.68 bits per heavy atom. The standard InChI is InChI=1S/C83H105ClN18O16/c1-47(2)45-102(69(16-9-10-35-88-48(3)4)81(116)101-36-12-17-68(101)80(115)90-49(5)72(85)107)71(106)44-89-73(108)62(38-53-23-31-60(32-24-53)93-82(86)117)94-76(111)64(40-54-21-29-59(30-22-54)92-75(110)66-42-70(105)100-83(118)99-66)97-79(114)67(46-103)98-78(113)65(41-55-13-11-34-87-43-55)96-77(112)63(39-52-19-27-58(84)28-20-52)95-74(109)61(91-50(6)104)33-25-51-18-26-56-14-7-8-15-57(56)37-51/h7-8,11,13-15,18-24,26-32,34,37,43,47-49,61-69,88,103H,9-10,12,16-17,25,33,35-36,38-42,44-46H2,1-6H3,(H2,85,107)(H,89,108)(H,90,115)(H,91,104)(H,92,110)(H,94,111)(H,95,109)(H,96,112)(H,97,114)(H,98,113)(H3,86,93,117)(H2,99,100,105,118)/t49-,61-,62-,63-,64+,65-,66+,67?,68+,69+/m1/s1. The molecule has 35 heteroatoms. The zero-order valence-electron chi connectivity index (χ0n) is 66.7. The van der Waals surface area contributed by atoms with Crippen LogP contribution >= 0.6 is 11.6 Å². The van der Waals surface area contributed by atoms with E-state index in [1.807, 2.05) is 75.5 Å². The van der Waals surface area contributed by atoms with Gasteiger partial charge in [0, 0.05) is 80.5 Å². The van der Waals surface area contributed by atoms with E-state index >= 15 is 19.2 Å². The SMILES string of the molecule is CC(=O)N[C@H](CCc1ccc2ccccc2c1)C(=O)N[C@H](Cc1ccc(Cl)cc1)C(=O)N[C@H](Cc1cccnc1)C(=O)NC(CO)C(=O)N[C@@H](Cc1ccc(NC(=O)[C@@H]2CC(=O)NC(=O)N2)cc1)C(=O)N[C@H](Cc1ccc(NC(N)=O)cc1)C(=O)NCC(=O)N(CC(C)C)[C@@H](CCCCNC(C)C)C(=O)N1CCC[C@H]1C(=O)N[C@H](C)C(N)=O. The zero-order valence-corrected chi connectivity index (χ0v) is 67.4. The molecule has 10 atom stereocenters. The van der Waals surface area contributed by atoms with Gasteiger partial charge in [0.1, 0.15) is 60.4 Å². The van der Waals surface area contributed by atoms with Gasteiger partial charge in [0.25, 0.3) is 0 Å². The number of imide groups is 1. The highest BCUT2D eigenvalue weighted by Gasteiger charge is 2.42. The van der Waals surface area contributed by atoms with Crippen molar-refractivity contribution >= 4 is 123 Å². The molecule has 2 aliphatic rings. The summed E-state index contributed by atoms with van der Waals surface area (Å²) in [5, 5.41) is 47.6. The number of aryl methyl sites for hydroxylation is 1. The number of urea groups is 2. The minimum absolute atomic E-state index is 0.00824. The molecule has 0 saturated carbocycles. The first-order chi connectivity index (χ1) is 56.3. The highest BCUT2D eigenvalue weighted by atomic mass is 35.5. The maximum atomic E-state index is 15.4. The average molecular weight is 1650 g/mol. The number of hydrogen-bond acceptors (Lipinski definition) is 18. The van der Waals surface area contributed by atoms with Crippen LogP contribution in [0.5, 0.6) is 0 Å². The molecule has 18 N–H and O–H groups in total. The second-order valence-electron chi connectivity index (χ2n) is 30.0. The van der Waals surface area contributed by atoms with Crippen molar-refractivity contribution in [1.29, 1.82) is 0 Å². The predicted molar refractivity (Wildman–Crippen MR) is 439 cm³/mol. The van der Waals surface area contributed by atoms with Crippen molar-refractivity contribution in [2.75, 3.05) is 43.4 Å².